The summed E-state index contributed by atoms with van der Waals surface area (Å²) in [7, 11) is 2.87. The van der Waals surface area contributed by atoms with Crippen LogP contribution in [0.3, 0.4) is 0 Å². The highest BCUT2D eigenvalue weighted by Gasteiger charge is 2.18. The van der Waals surface area contributed by atoms with E-state index in [4.69, 9.17) is 14.2 Å². The number of esters is 1. The predicted molar refractivity (Wildman–Crippen MR) is 98.2 cm³/mol. The van der Waals surface area contributed by atoms with E-state index in [0.717, 1.165) is 16.3 Å². The van der Waals surface area contributed by atoms with Gasteiger partial charge in [-0.3, -0.25) is 9.59 Å². The van der Waals surface area contributed by atoms with Crippen molar-refractivity contribution in [2.24, 2.45) is 0 Å². The Morgan fingerprint density at radius 3 is 2.27 bits per heavy atom. The molecular weight excluding hydrogens is 332 g/mol. The molecule has 0 heterocycles. The predicted octanol–water partition coefficient (Wildman–Crippen LogP) is 3.82. The number of methoxy groups -OCH3 is 2. The van der Waals surface area contributed by atoms with Gasteiger partial charge in [0.05, 0.1) is 20.6 Å². The van der Waals surface area contributed by atoms with E-state index in [1.165, 1.54) is 26.4 Å². The third kappa shape index (κ3) is 3.52. The van der Waals surface area contributed by atoms with Gasteiger partial charge in [-0.2, -0.15) is 0 Å². The lowest BCUT2D eigenvalue weighted by molar-refractivity contribution is -0.133. The first-order chi connectivity index (χ1) is 12.7. The maximum Gasteiger partial charge on any atom is 0.315 e. The fraction of sp³-hybridized carbons (Fsp3) is 0.143. The van der Waals surface area contributed by atoms with E-state index in [1.54, 1.807) is 0 Å². The van der Waals surface area contributed by atoms with Gasteiger partial charge in [0, 0.05) is 5.56 Å². The summed E-state index contributed by atoms with van der Waals surface area (Å²) >= 11 is 0. The molecule has 0 aliphatic heterocycles. The summed E-state index contributed by atoms with van der Waals surface area (Å²) in [6.07, 6.45) is 0.774. The zero-order valence-corrected chi connectivity index (χ0v) is 14.5. The minimum atomic E-state index is -0.447. The Kier molecular flexibility index (Phi) is 5.17. The van der Waals surface area contributed by atoms with Crippen molar-refractivity contribution in [3.63, 3.8) is 0 Å². The molecule has 0 unspecified atom stereocenters. The number of hydrogen-bond acceptors (Lipinski definition) is 5. The number of rotatable bonds is 6. The molecule has 0 aromatic heterocycles. The Morgan fingerprint density at radius 1 is 0.962 bits per heavy atom. The van der Waals surface area contributed by atoms with Crippen molar-refractivity contribution >= 4 is 23.0 Å². The summed E-state index contributed by atoms with van der Waals surface area (Å²) in [5.74, 6) is 0.234. The zero-order valence-electron chi connectivity index (χ0n) is 14.5. The number of carbonyl (C=O) groups excluding carboxylic acids is 2. The lowest BCUT2D eigenvalue weighted by atomic mass is 10.0. The third-order valence-corrected chi connectivity index (χ3v) is 4.05. The molecule has 0 saturated heterocycles. The largest absolute Gasteiger partial charge is 0.493 e. The fourth-order valence-corrected chi connectivity index (χ4v) is 2.82. The lowest BCUT2D eigenvalue weighted by Gasteiger charge is -2.14. The van der Waals surface area contributed by atoms with E-state index in [0.29, 0.717) is 11.8 Å². The minimum absolute atomic E-state index is 0.100. The summed E-state index contributed by atoms with van der Waals surface area (Å²) in [5, 5.41) is 2.06. The molecule has 26 heavy (non-hydrogen) atoms. The van der Waals surface area contributed by atoms with Crippen molar-refractivity contribution < 1.29 is 23.8 Å². The van der Waals surface area contributed by atoms with Crippen LogP contribution in [0.1, 0.15) is 15.9 Å². The quantitative estimate of drug-likeness (QED) is 0.384. The molecule has 3 rings (SSSR count). The molecule has 0 atom stereocenters. The molecule has 0 bridgehead atoms. The number of ether oxygens (including phenoxy) is 3. The first-order valence-electron chi connectivity index (χ1n) is 8.04. The van der Waals surface area contributed by atoms with E-state index in [9.17, 15) is 9.59 Å². The lowest BCUT2D eigenvalue weighted by Crippen LogP contribution is -2.13. The number of benzene rings is 3. The first kappa shape index (κ1) is 17.5. The molecular formula is C21H18O5. The minimum Gasteiger partial charge on any atom is -0.493 e. The monoisotopic (exact) mass is 350 g/mol. The average Bonchev–Trinajstić information content (AvgIpc) is 2.68. The van der Waals surface area contributed by atoms with Gasteiger partial charge in [-0.1, -0.05) is 42.5 Å². The van der Waals surface area contributed by atoms with Crippen LogP contribution in [-0.2, 0) is 11.2 Å². The molecule has 0 aliphatic carbocycles. The molecule has 0 aliphatic rings. The van der Waals surface area contributed by atoms with Crippen LogP contribution in [0.25, 0.3) is 10.8 Å². The van der Waals surface area contributed by atoms with Gasteiger partial charge in [0.25, 0.3) is 0 Å². The summed E-state index contributed by atoms with van der Waals surface area (Å²) in [5.41, 5.74) is 1.24. The van der Waals surface area contributed by atoms with Gasteiger partial charge < -0.3 is 14.2 Å². The molecule has 3 aromatic rings. The second kappa shape index (κ2) is 7.70. The molecule has 0 N–H and O–H groups in total. The van der Waals surface area contributed by atoms with Gasteiger partial charge in [-0.25, -0.2) is 0 Å². The van der Waals surface area contributed by atoms with E-state index in [1.807, 2.05) is 42.5 Å². The third-order valence-electron chi connectivity index (χ3n) is 4.05. The summed E-state index contributed by atoms with van der Waals surface area (Å²) in [6.45, 7) is 0. The van der Waals surface area contributed by atoms with Crippen LogP contribution in [0.15, 0.2) is 54.6 Å². The highest BCUT2D eigenvalue weighted by molar-refractivity contribution is 5.89. The highest BCUT2D eigenvalue weighted by Crippen LogP contribution is 2.38. The molecule has 0 fully saturated rings. The molecule has 0 radical (unpaired) electrons. The second-order valence-corrected chi connectivity index (χ2v) is 5.66. The molecule has 0 saturated carbocycles. The van der Waals surface area contributed by atoms with E-state index < -0.39 is 5.97 Å². The number of fused-ring (bicyclic) bond motifs is 1. The van der Waals surface area contributed by atoms with Crippen molar-refractivity contribution in [2.75, 3.05) is 14.2 Å². The summed E-state index contributed by atoms with van der Waals surface area (Å²) < 4.78 is 16.0. The van der Waals surface area contributed by atoms with Gasteiger partial charge in [0.1, 0.15) is 6.29 Å². The Hall–Kier alpha value is -3.34. The highest BCUT2D eigenvalue weighted by atomic mass is 16.6. The van der Waals surface area contributed by atoms with Crippen LogP contribution in [-0.4, -0.2) is 26.5 Å². The van der Waals surface area contributed by atoms with Crippen LogP contribution in [0.5, 0.6) is 17.2 Å². The van der Waals surface area contributed by atoms with E-state index in [2.05, 4.69) is 0 Å². The maximum atomic E-state index is 12.5. The Balaban J connectivity index is 1.89. The average molecular weight is 350 g/mol. The number of carbonyl (C=O) groups is 2. The van der Waals surface area contributed by atoms with Crippen LogP contribution in [0, 0.1) is 0 Å². The van der Waals surface area contributed by atoms with Crippen molar-refractivity contribution in [1.82, 2.24) is 0 Å². The standard InChI is InChI=1S/C21H18O5/c1-24-18-10-14(13-22)11-19(25-2)21(18)26-20(23)12-16-8-5-7-15-6-3-4-9-17(15)16/h3-11,13H,12H2,1-2H3. The molecule has 5 heteroatoms. The topological polar surface area (TPSA) is 61.8 Å². The van der Waals surface area contributed by atoms with Crippen LogP contribution in [0.2, 0.25) is 0 Å². The Morgan fingerprint density at radius 2 is 1.62 bits per heavy atom. The maximum absolute atomic E-state index is 12.5. The van der Waals surface area contributed by atoms with Crippen molar-refractivity contribution in [3.05, 3.63) is 65.7 Å². The van der Waals surface area contributed by atoms with Crippen molar-refractivity contribution in [1.29, 1.82) is 0 Å². The summed E-state index contributed by atoms with van der Waals surface area (Å²) in [6, 6.07) is 16.6. The SMILES string of the molecule is COc1cc(C=O)cc(OC)c1OC(=O)Cc1cccc2ccccc12. The van der Waals surface area contributed by atoms with Crippen LogP contribution in [0.4, 0.5) is 0 Å². The Labute approximate surface area is 151 Å². The van der Waals surface area contributed by atoms with Gasteiger partial charge in [-0.05, 0) is 28.5 Å². The number of aldehydes is 1. The smallest absolute Gasteiger partial charge is 0.315 e. The Bertz CT molecular complexity index is 931. The first-order valence-corrected chi connectivity index (χ1v) is 8.04. The van der Waals surface area contributed by atoms with Gasteiger partial charge in [0.15, 0.2) is 11.5 Å². The van der Waals surface area contributed by atoms with Crippen LogP contribution < -0.4 is 14.2 Å². The summed E-state index contributed by atoms with van der Waals surface area (Å²) in [4.78, 5) is 23.5. The van der Waals surface area contributed by atoms with Crippen LogP contribution >= 0.6 is 0 Å². The van der Waals surface area contributed by atoms with Gasteiger partial charge in [-0.15, -0.1) is 0 Å². The molecule has 3 aromatic carbocycles. The van der Waals surface area contributed by atoms with E-state index in [-0.39, 0.29) is 23.7 Å². The van der Waals surface area contributed by atoms with E-state index >= 15 is 0 Å². The zero-order chi connectivity index (χ0) is 18.5. The molecule has 0 spiro atoms. The number of hydrogen-bond donors (Lipinski definition) is 0. The van der Waals surface area contributed by atoms with Crippen molar-refractivity contribution in [3.8, 4) is 17.2 Å². The molecule has 0 amide bonds. The normalized spacial score (nSPS) is 10.4. The second-order valence-electron chi connectivity index (χ2n) is 5.66. The molecule has 132 valence electrons. The van der Waals surface area contributed by atoms with Crippen molar-refractivity contribution in [2.45, 2.75) is 6.42 Å². The van der Waals surface area contributed by atoms with Gasteiger partial charge in [0.2, 0.25) is 5.75 Å². The fourth-order valence-electron chi connectivity index (χ4n) is 2.82. The van der Waals surface area contributed by atoms with Gasteiger partial charge >= 0.3 is 5.97 Å². The molecule has 5 nitrogen and oxygen atoms in total.